The van der Waals surface area contributed by atoms with Crippen molar-refractivity contribution in [3.05, 3.63) is 38.7 Å². The number of amides is 3. The van der Waals surface area contributed by atoms with E-state index in [9.17, 15) is 14.4 Å². The van der Waals surface area contributed by atoms with Crippen LogP contribution in [0.2, 0.25) is 0 Å². The van der Waals surface area contributed by atoms with Gasteiger partial charge >= 0.3 is 51.4 Å². The van der Waals surface area contributed by atoms with Gasteiger partial charge in [-0.1, -0.05) is 32.1 Å². The number of allylic oxidation sites excluding steroid dienone is 3. The van der Waals surface area contributed by atoms with E-state index in [0.717, 1.165) is 0 Å². The van der Waals surface area contributed by atoms with Crippen molar-refractivity contribution >= 4 is 17.7 Å². The molecule has 1 saturated heterocycles. The van der Waals surface area contributed by atoms with Crippen molar-refractivity contribution in [1.29, 1.82) is 0 Å². The van der Waals surface area contributed by atoms with Crippen LogP contribution >= 0.6 is 0 Å². The van der Waals surface area contributed by atoms with Gasteiger partial charge in [-0.05, 0) is 20.3 Å². The summed E-state index contributed by atoms with van der Waals surface area (Å²) in [6.07, 6.45) is 5.84. The molecule has 2 N–H and O–H groups in total. The summed E-state index contributed by atoms with van der Waals surface area (Å²) < 4.78 is 0. The van der Waals surface area contributed by atoms with E-state index in [1.54, 1.807) is 19.1 Å². The summed E-state index contributed by atoms with van der Waals surface area (Å²) in [7, 11) is 0. The van der Waals surface area contributed by atoms with Crippen LogP contribution < -0.4 is 62.0 Å². The van der Waals surface area contributed by atoms with Gasteiger partial charge in [-0.2, -0.15) is 0 Å². The largest absolute Gasteiger partial charge is 1.00 e. The summed E-state index contributed by atoms with van der Waals surface area (Å²) in [5.41, 5.74) is 0.521. The Labute approximate surface area is 177 Å². The summed E-state index contributed by atoms with van der Waals surface area (Å²) >= 11 is 0. The second-order valence-electron chi connectivity index (χ2n) is 3.85. The summed E-state index contributed by atoms with van der Waals surface area (Å²) in [6.45, 7) is 7.52. The van der Waals surface area contributed by atoms with Gasteiger partial charge in [0.2, 0.25) is 17.7 Å². The maximum atomic E-state index is 11.7. The third-order valence-electron chi connectivity index (χ3n) is 2.44. The zero-order chi connectivity index (χ0) is 14.8. The Bertz CT molecular complexity index is 404. The number of hydrogen-bond acceptors (Lipinski definition) is 3. The average molecular weight is 336 g/mol. The van der Waals surface area contributed by atoms with Crippen molar-refractivity contribution in [3.63, 3.8) is 0 Å². The van der Waals surface area contributed by atoms with E-state index in [1.165, 1.54) is 0 Å². The number of carbonyl (C=O) groups excluding carboxylic acids is 3. The Kier molecular flexibility index (Phi) is 23.1. The molecule has 1 aliphatic rings. The number of nitrogens with one attached hydrogen (secondary N) is 2. The van der Waals surface area contributed by atoms with Crippen LogP contribution in [0, 0.1) is 14.9 Å². The van der Waals surface area contributed by atoms with Crippen LogP contribution in [0.25, 0.3) is 0 Å². The van der Waals surface area contributed by atoms with E-state index in [2.05, 4.69) is 10.6 Å². The van der Waals surface area contributed by atoms with Gasteiger partial charge in [0.15, 0.2) is 0 Å². The van der Waals surface area contributed by atoms with Crippen molar-refractivity contribution in [3.8, 4) is 0 Å². The predicted octanol–water partition coefficient (Wildman–Crippen LogP) is -0.639. The molecule has 0 aromatic heterocycles. The standard InChI is InChI=1S/C12H16N2O3.C2H6.2CH3.K/c1-3-4-5-8(2)11(16)13-9-6-7-10(15)14-12(9)17;1-2;;;/h3-5,9H,6-7H2,1-2H3,(H,13,16)(H,14,15,17);1-2H3;2*1H3;/q;;2*-1;+1/b4-3-,8-5+;;;;. The van der Waals surface area contributed by atoms with Gasteiger partial charge in [0, 0.05) is 12.0 Å². The van der Waals surface area contributed by atoms with Crippen molar-refractivity contribution in [1.82, 2.24) is 10.6 Å². The third kappa shape index (κ3) is 11.3. The minimum atomic E-state index is -0.617. The molecule has 1 unspecified atom stereocenters. The molecule has 0 bridgehead atoms. The maximum Gasteiger partial charge on any atom is 1.00 e. The van der Waals surface area contributed by atoms with Crippen molar-refractivity contribution in [2.75, 3.05) is 0 Å². The number of imide groups is 1. The molecule has 1 fully saturated rings. The molecular formula is C16H28KN2O3-. The molecule has 5 nitrogen and oxygen atoms in total. The summed E-state index contributed by atoms with van der Waals surface area (Å²) in [5.74, 6) is -1.02. The molecule has 22 heavy (non-hydrogen) atoms. The van der Waals surface area contributed by atoms with Crippen molar-refractivity contribution in [2.24, 2.45) is 0 Å². The van der Waals surface area contributed by atoms with E-state index in [1.807, 2.05) is 26.8 Å². The van der Waals surface area contributed by atoms with Gasteiger partial charge < -0.3 is 20.2 Å². The van der Waals surface area contributed by atoms with Crippen LogP contribution in [0.5, 0.6) is 0 Å². The van der Waals surface area contributed by atoms with Crippen LogP contribution in [0.3, 0.4) is 0 Å². The number of piperidine rings is 1. The Morgan fingerprint density at radius 3 is 2.27 bits per heavy atom. The van der Waals surface area contributed by atoms with E-state index in [-0.39, 0.29) is 84.5 Å². The molecule has 0 spiro atoms. The molecule has 0 aromatic rings. The van der Waals surface area contributed by atoms with Gasteiger partial charge in [0.25, 0.3) is 0 Å². The van der Waals surface area contributed by atoms with Gasteiger partial charge in [-0.25, -0.2) is 0 Å². The second-order valence-corrected chi connectivity index (χ2v) is 3.85. The minimum Gasteiger partial charge on any atom is -0.358 e. The van der Waals surface area contributed by atoms with E-state index < -0.39 is 11.9 Å². The molecule has 1 atom stereocenters. The van der Waals surface area contributed by atoms with Crippen LogP contribution in [-0.2, 0) is 14.4 Å². The Hall–Kier alpha value is -0.274. The van der Waals surface area contributed by atoms with Crippen LogP contribution in [0.4, 0.5) is 0 Å². The van der Waals surface area contributed by atoms with Gasteiger partial charge in [0.1, 0.15) is 6.04 Å². The molecule has 1 heterocycles. The molecule has 0 radical (unpaired) electrons. The van der Waals surface area contributed by atoms with Gasteiger partial charge in [0.05, 0.1) is 0 Å². The normalized spacial score (nSPS) is 16.9. The first kappa shape index (κ1) is 29.7. The summed E-state index contributed by atoms with van der Waals surface area (Å²) in [5, 5.41) is 4.78. The first-order valence-corrected chi connectivity index (χ1v) is 6.48. The first-order valence-electron chi connectivity index (χ1n) is 6.48. The van der Waals surface area contributed by atoms with Crippen LogP contribution in [-0.4, -0.2) is 23.8 Å². The molecule has 122 valence electrons. The quantitative estimate of drug-likeness (QED) is 0.237. The molecule has 1 aliphatic heterocycles. The van der Waals surface area contributed by atoms with E-state index >= 15 is 0 Å². The molecule has 3 amide bonds. The van der Waals surface area contributed by atoms with Crippen LogP contribution in [0.1, 0.15) is 40.5 Å². The Morgan fingerprint density at radius 1 is 1.27 bits per heavy atom. The topological polar surface area (TPSA) is 75.3 Å². The fraction of sp³-hybridized carbons (Fsp3) is 0.438. The first-order chi connectivity index (χ1) is 9.04. The zero-order valence-corrected chi connectivity index (χ0v) is 18.1. The Balaban J connectivity index is -0.000000310. The number of rotatable bonds is 3. The van der Waals surface area contributed by atoms with E-state index in [0.29, 0.717) is 12.0 Å². The maximum absolute atomic E-state index is 11.7. The van der Waals surface area contributed by atoms with Crippen molar-refractivity contribution in [2.45, 2.75) is 46.6 Å². The zero-order valence-electron chi connectivity index (χ0n) is 14.9. The number of hydrogen-bond donors (Lipinski definition) is 2. The molecule has 0 aliphatic carbocycles. The summed E-state index contributed by atoms with van der Waals surface area (Å²) in [6, 6.07) is -0.617. The van der Waals surface area contributed by atoms with Gasteiger partial charge in [-0.15, -0.1) is 0 Å². The fourth-order valence-corrected chi connectivity index (χ4v) is 1.42. The fourth-order valence-electron chi connectivity index (χ4n) is 1.42. The third-order valence-corrected chi connectivity index (χ3v) is 2.44. The second kappa shape index (κ2) is 17.1. The smallest absolute Gasteiger partial charge is 0.358 e. The minimum absolute atomic E-state index is 0. The average Bonchev–Trinajstić information content (AvgIpc) is 2.41. The SMILES string of the molecule is C/C=C\C=C(/C)C(=O)NC1CCC(=O)NC1=O.CC.[CH3-].[CH3-].[K+]. The number of carbonyl (C=O) groups is 3. The van der Waals surface area contributed by atoms with Gasteiger partial charge in [-0.3, -0.25) is 19.7 Å². The predicted molar refractivity (Wildman–Crippen MR) is 87.1 cm³/mol. The molecule has 0 aromatic carbocycles. The van der Waals surface area contributed by atoms with Crippen molar-refractivity contribution < 1.29 is 65.8 Å². The monoisotopic (exact) mass is 335 g/mol. The van der Waals surface area contributed by atoms with Crippen LogP contribution in [0.15, 0.2) is 23.8 Å². The Morgan fingerprint density at radius 2 is 1.82 bits per heavy atom. The molecule has 6 heteroatoms. The molecule has 0 saturated carbocycles. The van der Waals surface area contributed by atoms with E-state index in [4.69, 9.17) is 0 Å². The molecule has 1 rings (SSSR count). The summed E-state index contributed by atoms with van der Waals surface area (Å²) in [4.78, 5) is 34.0. The molecular weight excluding hydrogens is 307 g/mol.